The summed E-state index contributed by atoms with van der Waals surface area (Å²) in [5.74, 6) is 3.42. The molecule has 4 heteroatoms. The Balaban J connectivity index is 0.00000211. The second-order valence-electron chi connectivity index (χ2n) is 5.85. The van der Waals surface area contributed by atoms with Crippen molar-refractivity contribution in [2.24, 2.45) is 5.92 Å². The molecule has 0 aromatic rings. The van der Waals surface area contributed by atoms with Gasteiger partial charge in [0.15, 0.2) is 0 Å². The van der Waals surface area contributed by atoms with Crippen LogP contribution in [0.15, 0.2) is 0 Å². The second kappa shape index (κ2) is 15.3. The molecule has 4 nitrogen and oxygen atoms in total. The fourth-order valence-corrected chi connectivity index (χ4v) is 2.29. The van der Waals surface area contributed by atoms with E-state index in [1.54, 1.807) is 0 Å². The molecule has 1 N–H and O–H groups in total. The van der Waals surface area contributed by atoms with Gasteiger partial charge >= 0.3 is 0 Å². The van der Waals surface area contributed by atoms with Crippen molar-refractivity contribution >= 4 is 0 Å². The van der Waals surface area contributed by atoms with E-state index in [0.29, 0.717) is 5.92 Å². The highest BCUT2D eigenvalue weighted by Gasteiger charge is 2.15. The molecule has 0 saturated carbocycles. The molecule has 0 aromatic carbocycles. The number of hydrogen-bond donors (Lipinski definition) is 1. The zero-order chi connectivity index (χ0) is 16.6. The van der Waals surface area contributed by atoms with Gasteiger partial charge in [-0.15, -0.1) is 12.3 Å². The van der Waals surface area contributed by atoms with Crippen LogP contribution in [0.5, 0.6) is 0 Å². The number of nitrogens with one attached hydrogen (secondary N) is 1. The molecule has 0 unspecified atom stereocenters. The predicted molar refractivity (Wildman–Crippen MR) is 96.2 cm³/mol. The van der Waals surface area contributed by atoms with Gasteiger partial charge in [-0.05, 0) is 12.5 Å². The van der Waals surface area contributed by atoms with Gasteiger partial charge in [0.2, 0.25) is 0 Å². The highest BCUT2D eigenvalue weighted by Crippen LogP contribution is 2.01. The molecule has 0 atom stereocenters. The largest absolute Gasteiger partial charge is 0.379 e. The zero-order valence-electron chi connectivity index (χ0n) is 15.2. The first-order chi connectivity index (χ1) is 10.7. The summed E-state index contributed by atoms with van der Waals surface area (Å²) in [7, 11) is 0. The van der Waals surface area contributed by atoms with Crippen LogP contribution < -0.4 is 5.32 Å². The van der Waals surface area contributed by atoms with Gasteiger partial charge in [0.25, 0.3) is 0 Å². The number of terminal acetylenes is 1. The maximum Gasteiger partial charge on any atom is 0.0594 e. The molecule has 22 heavy (non-hydrogen) atoms. The topological polar surface area (TPSA) is 27.7 Å². The van der Waals surface area contributed by atoms with Gasteiger partial charge in [0, 0.05) is 52.2 Å². The minimum atomic E-state index is 0.709. The lowest BCUT2D eigenvalue weighted by molar-refractivity contribution is 0.0771. The Morgan fingerprint density at radius 2 is 1.64 bits per heavy atom. The number of hydrogen-bond acceptors (Lipinski definition) is 4. The number of rotatable bonds is 10. The molecule has 0 spiro atoms. The van der Waals surface area contributed by atoms with Gasteiger partial charge in [0.1, 0.15) is 0 Å². The Morgan fingerprint density at radius 1 is 1.05 bits per heavy atom. The van der Waals surface area contributed by atoms with Crippen LogP contribution >= 0.6 is 0 Å². The monoisotopic (exact) mass is 311 g/mol. The van der Waals surface area contributed by atoms with Crippen LogP contribution in [0.3, 0.4) is 0 Å². The highest BCUT2D eigenvalue weighted by atomic mass is 16.5. The normalized spacial score (nSPS) is 16.2. The van der Waals surface area contributed by atoms with Crippen molar-refractivity contribution in [1.82, 2.24) is 15.1 Å². The van der Waals surface area contributed by atoms with E-state index in [9.17, 15) is 0 Å². The van der Waals surface area contributed by atoms with Crippen LogP contribution in [0.25, 0.3) is 0 Å². The predicted octanol–water partition coefficient (Wildman–Crippen LogP) is 1.92. The van der Waals surface area contributed by atoms with Crippen molar-refractivity contribution in [1.29, 1.82) is 0 Å². The Bertz CT molecular complexity index is 268. The van der Waals surface area contributed by atoms with Gasteiger partial charge in [-0.2, -0.15) is 0 Å². The smallest absolute Gasteiger partial charge is 0.0594 e. The summed E-state index contributed by atoms with van der Waals surface area (Å²) in [5.41, 5.74) is 0. The second-order valence-corrected chi connectivity index (χ2v) is 5.85. The third-order valence-electron chi connectivity index (χ3n) is 3.56. The molecule has 1 rings (SSSR count). The Labute approximate surface area is 138 Å². The minimum Gasteiger partial charge on any atom is -0.379 e. The summed E-state index contributed by atoms with van der Waals surface area (Å²) >= 11 is 0. The van der Waals surface area contributed by atoms with Crippen molar-refractivity contribution in [2.45, 2.75) is 34.1 Å². The van der Waals surface area contributed by atoms with Gasteiger partial charge < -0.3 is 10.1 Å². The Morgan fingerprint density at radius 3 is 2.18 bits per heavy atom. The van der Waals surface area contributed by atoms with E-state index < -0.39 is 0 Å². The zero-order valence-corrected chi connectivity index (χ0v) is 15.2. The van der Waals surface area contributed by atoms with Crippen LogP contribution in [0.2, 0.25) is 0 Å². The molecular formula is C18H37N3O. The summed E-state index contributed by atoms with van der Waals surface area (Å²) in [4.78, 5) is 4.93. The van der Waals surface area contributed by atoms with Crippen molar-refractivity contribution in [3.8, 4) is 12.3 Å². The quantitative estimate of drug-likeness (QED) is 0.493. The van der Waals surface area contributed by atoms with E-state index in [-0.39, 0.29) is 0 Å². The van der Waals surface area contributed by atoms with Crippen molar-refractivity contribution in [2.75, 3.05) is 65.6 Å². The molecule has 0 amide bonds. The van der Waals surface area contributed by atoms with Crippen molar-refractivity contribution in [3.05, 3.63) is 0 Å². The summed E-state index contributed by atoms with van der Waals surface area (Å²) in [6.07, 6.45) is 6.16. The van der Waals surface area contributed by atoms with Gasteiger partial charge in [-0.1, -0.05) is 27.7 Å². The number of nitrogens with zero attached hydrogens (tertiary/aromatic N) is 2. The highest BCUT2D eigenvalue weighted by molar-refractivity contribution is 4.85. The van der Waals surface area contributed by atoms with Crippen molar-refractivity contribution in [3.63, 3.8) is 0 Å². The molecule has 130 valence electrons. The lowest BCUT2D eigenvalue weighted by Gasteiger charge is -2.34. The van der Waals surface area contributed by atoms with Crippen LogP contribution in [0, 0.1) is 18.3 Å². The van der Waals surface area contributed by atoms with E-state index >= 15 is 0 Å². The van der Waals surface area contributed by atoms with Crippen molar-refractivity contribution < 1.29 is 4.74 Å². The third-order valence-corrected chi connectivity index (χ3v) is 3.56. The maximum absolute atomic E-state index is 5.67. The molecule has 1 saturated heterocycles. The van der Waals surface area contributed by atoms with E-state index in [2.05, 4.69) is 34.9 Å². The summed E-state index contributed by atoms with van der Waals surface area (Å²) in [6.45, 7) is 18.8. The molecule has 0 aromatic heterocycles. The lowest BCUT2D eigenvalue weighted by Crippen LogP contribution is -2.47. The van der Waals surface area contributed by atoms with Crippen LogP contribution in [-0.2, 0) is 4.74 Å². The molecule has 1 heterocycles. The Kier molecular flexibility index (Phi) is 14.9. The van der Waals surface area contributed by atoms with Gasteiger partial charge in [0.05, 0.1) is 13.2 Å². The molecule has 0 aliphatic carbocycles. The SMILES string of the molecule is C#CCCN1CCN(CCOCCNCC(C)C)CC1.CC. The first-order valence-electron chi connectivity index (χ1n) is 8.89. The summed E-state index contributed by atoms with van der Waals surface area (Å²) in [5, 5.41) is 3.39. The lowest BCUT2D eigenvalue weighted by atomic mass is 10.2. The minimum absolute atomic E-state index is 0.709. The third kappa shape index (κ3) is 12.0. The number of piperazine rings is 1. The molecule has 1 fully saturated rings. The van der Waals surface area contributed by atoms with E-state index in [4.69, 9.17) is 11.2 Å². The fraction of sp³-hybridized carbons (Fsp3) is 0.889. The van der Waals surface area contributed by atoms with Crippen LogP contribution in [0.1, 0.15) is 34.1 Å². The average molecular weight is 312 g/mol. The summed E-state index contributed by atoms with van der Waals surface area (Å²) < 4.78 is 5.67. The van der Waals surface area contributed by atoms with Gasteiger partial charge in [-0.3, -0.25) is 9.80 Å². The molecular weight excluding hydrogens is 274 g/mol. The Hall–Kier alpha value is -0.600. The maximum atomic E-state index is 5.67. The van der Waals surface area contributed by atoms with E-state index in [1.807, 2.05) is 13.8 Å². The average Bonchev–Trinajstić information content (AvgIpc) is 2.54. The first-order valence-corrected chi connectivity index (χ1v) is 8.89. The number of ether oxygens (including phenoxy) is 1. The molecule has 1 aliphatic rings. The standard InChI is InChI=1S/C16H31N3O.C2H6/c1-4-5-7-18-8-10-19(11-9-18)12-14-20-13-6-17-15-16(2)3;1-2/h1,16-17H,5-15H2,2-3H3;1-2H3. The molecule has 0 radical (unpaired) electrons. The van der Waals surface area contributed by atoms with Crippen LogP contribution in [0.4, 0.5) is 0 Å². The molecule has 0 bridgehead atoms. The van der Waals surface area contributed by atoms with E-state index in [1.165, 1.54) is 0 Å². The molecule has 1 aliphatic heterocycles. The van der Waals surface area contributed by atoms with Crippen LogP contribution in [-0.4, -0.2) is 75.4 Å². The summed E-state index contributed by atoms with van der Waals surface area (Å²) in [6, 6.07) is 0. The fourth-order valence-electron chi connectivity index (χ4n) is 2.29. The van der Waals surface area contributed by atoms with Gasteiger partial charge in [-0.25, -0.2) is 0 Å². The first kappa shape index (κ1) is 21.4. The van der Waals surface area contributed by atoms with E-state index in [0.717, 1.165) is 72.0 Å².